The van der Waals surface area contributed by atoms with E-state index >= 15 is 0 Å². The van der Waals surface area contributed by atoms with Crippen LogP contribution in [0.4, 0.5) is 10.7 Å². The molecule has 0 saturated heterocycles. The molecular weight excluding hydrogens is 444 g/mol. The van der Waals surface area contributed by atoms with E-state index in [0.29, 0.717) is 21.9 Å². The molecule has 0 bridgehead atoms. The summed E-state index contributed by atoms with van der Waals surface area (Å²) in [7, 11) is 0. The zero-order chi connectivity index (χ0) is 24.1. The lowest BCUT2D eigenvalue weighted by molar-refractivity contribution is -0.384. The predicted molar refractivity (Wildman–Crippen MR) is 124 cm³/mol. The van der Waals surface area contributed by atoms with Crippen LogP contribution >= 0.6 is 11.3 Å². The fourth-order valence-corrected chi connectivity index (χ4v) is 4.16. The summed E-state index contributed by atoms with van der Waals surface area (Å²) in [5.74, 6) is -1.20. The summed E-state index contributed by atoms with van der Waals surface area (Å²) >= 11 is 1.23. The van der Waals surface area contributed by atoms with Gasteiger partial charge >= 0.3 is 5.97 Å². The highest BCUT2D eigenvalue weighted by Gasteiger charge is 2.23. The predicted octanol–water partition coefficient (Wildman–Crippen LogP) is 4.79. The molecule has 0 atom stereocenters. The number of hydrogen-bond donors (Lipinski definition) is 1. The number of anilines is 1. The van der Waals surface area contributed by atoms with Gasteiger partial charge in [-0.1, -0.05) is 0 Å². The van der Waals surface area contributed by atoms with Gasteiger partial charge in [0.1, 0.15) is 16.6 Å². The van der Waals surface area contributed by atoms with Gasteiger partial charge in [0.25, 0.3) is 11.6 Å². The fraction of sp³-hybridized carbons (Fsp3) is 0.174. The van der Waals surface area contributed by atoms with Crippen LogP contribution in [0.15, 0.2) is 48.2 Å². The number of nitro benzene ring substituents is 1. The van der Waals surface area contributed by atoms with E-state index in [-0.39, 0.29) is 23.4 Å². The van der Waals surface area contributed by atoms with Gasteiger partial charge in [0.15, 0.2) is 0 Å². The highest BCUT2D eigenvalue weighted by molar-refractivity contribution is 7.16. The van der Waals surface area contributed by atoms with Crippen LogP contribution in [0.3, 0.4) is 0 Å². The summed E-state index contributed by atoms with van der Waals surface area (Å²) < 4.78 is 6.79. The summed E-state index contributed by atoms with van der Waals surface area (Å²) in [6.45, 7) is 5.49. The van der Waals surface area contributed by atoms with Crippen molar-refractivity contribution < 1.29 is 19.2 Å². The van der Waals surface area contributed by atoms with E-state index in [1.54, 1.807) is 48.9 Å². The van der Waals surface area contributed by atoms with Gasteiger partial charge in [0.2, 0.25) is 0 Å². The van der Waals surface area contributed by atoms with Crippen LogP contribution in [-0.4, -0.2) is 28.0 Å². The number of nitrogens with zero attached hydrogens (tertiary/aromatic N) is 3. The van der Waals surface area contributed by atoms with Crippen molar-refractivity contribution in [3.05, 3.63) is 80.0 Å². The van der Waals surface area contributed by atoms with Gasteiger partial charge in [-0.25, -0.2) is 4.79 Å². The Morgan fingerprint density at radius 2 is 1.97 bits per heavy atom. The number of aromatic nitrogens is 1. The van der Waals surface area contributed by atoms with E-state index < -0.39 is 16.8 Å². The molecule has 9 nitrogen and oxygen atoms in total. The molecule has 33 heavy (non-hydrogen) atoms. The van der Waals surface area contributed by atoms with Gasteiger partial charge in [-0.15, -0.1) is 11.3 Å². The van der Waals surface area contributed by atoms with Crippen LogP contribution in [0.25, 0.3) is 11.8 Å². The Morgan fingerprint density at radius 3 is 2.58 bits per heavy atom. The lowest BCUT2D eigenvalue weighted by Crippen LogP contribution is -2.16. The fourth-order valence-electron chi connectivity index (χ4n) is 3.11. The first-order valence-electron chi connectivity index (χ1n) is 9.89. The van der Waals surface area contributed by atoms with E-state index in [9.17, 15) is 25.0 Å². The largest absolute Gasteiger partial charge is 0.462 e. The smallest absolute Gasteiger partial charge is 0.341 e. The summed E-state index contributed by atoms with van der Waals surface area (Å²) in [4.78, 5) is 36.5. The van der Waals surface area contributed by atoms with Crippen molar-refractivity contribution in [2.75, 3.05) is 11.9 Å². The van der Waals surface area contributed by atoms with Gasteiger partial charge in [-0.05, 0) is 56.7 Å². The summed E-state index contributed by atoms with van der Waals surface area (Å²) in [6.07, 6.45) is 3.12. The topological polar surface area (TPSA) is 127 Å². The van der Waals surface area contributed by atoms with Crippen LogP contribution in [0.2, 0.25) is 0 Å². The molecule has 0 radical (unpaired) electrons. The van der Waals surface area contributed by atoms with Crippen molar-refractivity contribution in [1.82, 2.24) is 4.57 Å². The van der Waals surface area contributed by atoms with E-state index in [1.807, 2.05) is 13.0 Å². The average molecular weight is 465 g/mol. The molecule has 168 valence electrons. The molecule has 0 unspecified atom stereocenters. The van der Waals surface area contributed by atoms with Crippen molar-refractivity contribution in [3.8, 4) is 11.8 Å². The van der Waals surface area contributed by atoms with Gasteiger partial charge in [-0.2, -0.15) is 5.26 Å². The zero-order valence-corrected chi connectivity index (χ0v) is 18.9. The molecule has 2 aromatic heterocycles. The first-order valence-corrected chi connectivity index (χ1v) is 10.7. The number of carbonyl (C=O) groups excluding carboxylic acids is 2. The first kappa shape index (κ1) is 23.4. The number of non-ortho nitro benzene ring substituents is 1. The van der Waals surface area contributed by atoms with E-state index in [4.69, 9.17) is 4.74 Å². The lowest BCUT2D eigenvalue weighted by atomic mass is 10.1. The molecule has 0 spiro atoms. The number of esters is 1. The second kappa shape index (κ2) is 9.93. The van der Waals surface area contributed by atoms with Crippen LogP contribution in [0.5, 0.6) is 0 Å². The van der Waals surface area contributed by atoms with Gasteiger partial charge in [0.05, 0.1) is 17.1 Å². The van der Waals surface area contributed by atoms with Crippen LogP contribution in [0.1, 0.15) is 33.4 Å². The van der Waals surface area contributed by atoms with E-state index in [1.165, 1.54) is 29.5 Å². The third kappa shape index (κ3) is 4.99. The van der Waals surface area contributed by atoms with Crippen molar-refractivity contribution in [1.29, 1.82) is 5.26 Å². The number of carbonyl (C=O) groups is 2. The normalized spacial score (nSPS) is 11.0. The quantitative estimate of drug-likeness (QED) is 0.176. The molecule has 0 fully saturated rings. The van der Waals surface area contributed by atoms with E-state index in [2.05, 4.69) is 5.32 Å². The Balaban J connectivity index is 1.91. The summed E-state index contributed by atoms with van der Waals surface area (Å²) in [6, 6.07) is 11.2. The number of hydrogen-bond acceptors (Lipinski definition) is 7. The van der Waals surface area contributed by atoms with Crippen molar-refractivity contribution >= 4 is 40.0 Å². The molecule has 10 heteroatoms. The summed E-state index contributed by atoms with van der Waals surface area (Å²) in [5.41, 5.74) is 1.93. The van der Waals surface area contributed by atoms with E-state index in [0.717, 1.165) is 4.88 Å². The van der Waals surface area contributed by atoms with Crippen molar-refractivity contribution in [2.24, 2.45) is 0 Å². The Morgan fingerprint density at radius 1 is 1.27 bits per heavy atom. The molecule has 0 aliphatic rings. The maximum Gasteiger partial charge on any atom is 0.341 e. The second-order valence-corrected chi connectivity index (χ2v) is 8.13. The number of nitro groups is 1. The number of nitriles is 1. The lowest BCUT2D eigenvalue weighted by Gasteiger charge is -2.08. The van der Waals surface area contributed by atoms with Crippen LogP contribution in [-0.2, 0) is 9.53 Å². The minimum atomic E-state index is -0.666. The SMILES string of the molecule is CCOC(=O)c1c(NC(=O)/C(C#N)=C/c2cccn2-c2ccc([N+](=O)[O-])cc2)sc(C)c1C. The Kier molecular flexibility index (Phi) is 7.05. The highest BCUT2D eigenvalue weighted by atomic mass is 32.1. The molecule has 0 aliphatic heterocycles. The highest BCUT2D eigenvalue weighted by Crippen LogP contribution is 2.33. The van der Waals surface area contributed by atoms with Crippen molar-refractivity contribution in [2.45, 2.75) is 20.8 Å². The number of benzene rings is 1. The first-order chi connectivity index (χ1) is 15.8. The zero-order valence-electron chi connectivity index (χ0n) is 18.1. The second-order valence-electron chi connectivity index (χ2n) is 6.91. The van der Waals surface area contributed by atoms with Crippen LogP contribution < -0.4 is 5.32 Å². The number of amides is 1. The maximum atomic E-state index is 12.9. The Hall–Kier alpha value is -4.23. The number of nitrogens with one attached hydrogen (secondary N) is 1. The number of ether oxygens (including phenoxy) is 1. The number of rotatable bonds is 7. The third-order valence-electron chi connectivity index (χ3n) is 4.87. The molecule has 0 aliphatic carbocycles. The number of thiophene rings is 1. The molecule has 0 saturated carbocycles. The van der Waals surface area contributed by atoms with Gasteiger partial charge in [0, 0.05) is 34.6 Å². The Labute approximate surface area is 193 Å². The van der Waals surface area contributed by atoms with Gasteiger partial charge < -0.3 is 14.6 Å². The third-order valence-corrected chi connectivity index (χ3v) is 5.99. The molecule has 2 heterocycles. The molecular formula is C23H20N4O5S. The standard InChI is InChI=1S/C23H20N4O5S/c1-4-32-23(29)20-14(2)15(3)33-22(20)25-21(28)16(13-24)12-19-6-5-11-26(19)17-7-9-18(10-8-17)27(30)31/h5-12H,4H2,1-3H3,(H,25,28)/b16-12+. The van der Waals surface area contributed by atoms with Crippen LogP contribution in [0, 0.1) is 35.3 Å². The molecule has 3 rings (SSSR count). The molecule has 1 amide bonds. The average Bonchev–Trinajstić information content (AvgIpc) is 3.36. The minimum absolute atomic E-state index is 0.0426. The monoisotopic (exact) mass is 464 g/mol. The Bertz CT molecular complexity index is 1300. The van der Waals surface area contributed by atoms with Gasteiger partial charge in [-0.3, -0.25) is 14.9 Å². The summed E-state index contributed by atoms with van der Waals surface area (Å²) in [5, 5.41) is 23.5. The number of aryl methyl sites for hydroxylation is 1. The molecule has 1 N–H and O–H groups in total. The molecule has 1 aromatic carbocycles. The molecule has 3 aromatic rings. The minimum Gasteiger partial charge on any atom is -0.462 e. The maximum absolute atomic E-state index is 12.9. The van der Waals surface area contributed by atoms with Crippen molar-refractivity contribution in [3.63, 3.8) is 0 Å².